The van der Waals surface area contributed by atoms with E-state index in [0.29, 0.717) is 37.2 Å². The third-order valence-corrected chi connectivity index (χ3v) is 4.90. The molecule has 2 aliphatic heterocycles. The summed E-state index contributed by atoms with van der Waals surface area (Å²) in [6.45, 7) is 2.77. The molecule has 0 aromatic heterocycles. The summed E-state index contributed by atoms with van der Waals surface area (Å²) >= 11 is 5.72. The van der Waals surface area contributed by atoms with Crippen molar-refractivity contribution >= 4 is 35.2 Å². The lowest BCUT2D eigenvalue weighted by Gasteiger charge is -2.35. The Kier molecular flexibility index (Phi) is 4.76. The fraction of sp³-hybridized carbons (Fsp3) is 0.471. The van der Waals surface area contributed by atoms with E-state index in [1.54, 1.807) is 23.1 Å². The summed E-state index contributed by atoms with van der Waals surface area (Å²) in [4.78, 5) is 43.0. The average molecular weight is 350 g/mol. The zero-order valence-corrected chi connectivity index (χ0v) is 14.3. The van der Waals surface area contributed by atoms with Crippen LogP contribution in [0.1, 0.15) is 48.5 Å². The van der Waals surface area contributed by atoms with Crippen LogP contribution in [0.2, 0.25) is 0 Å². The number of benzene rings is 1. The molecular weight excluding hydrogens is 330 g/mol. The van der Waals surface area contributed by atoms with Gasteiger partial charge < -0.3 is 4.90 Å². The van der Waals surface area contributed by atoms with Crippen LogP contribution in [-0.4, -0.2) is 40.1 Å². The Morgan fingerprint density at radius 1 is 1.29 bits per heavy atom. The van der Waals surface area contributed by atoms with E-state index in [1.165, 1.54) is 4.90 Å². The summed E-state index contributed by atoms with van der Waals surface area (Å²) in [7, 11) is 0. The minimum atomic E-state index is -0.581. The number of carbonyl (C=O) groups is 3. The van der Waals surface area contributed by atoms with E-state index < -0.39 is 6.04 Å². The maximum atomic E-state index is 12.7. The molecule has 24 heavy (non-hydrogen) atoms. The first kappa shape index (κ1) is 16.8. The average Bonchev–Trinajstić information content (AvgIpc) is 2.92. The van der Waals surface area contributed by atoms with E-state index in [4.69, 9.17) is 11.8 Å². The van der Waals surface area contributed by atoms with Crippen molar-refractivity contribution < 1.29 is 14.4 Å². The molecule has 1 fully saturated rings. The number of imide groups is 1. The predicted molar refractivity (Wildman–Crippen MR) is 90.4 cm³/mol. The third kappa shape index (κ3) is 2.75. The summed E-state index contributed by atoms with van der Waals surface area (Å²) in [5.41, 5.74) is 2.03. The topological polar surface area (TPSA) is 69.7 Å². The highest BCUT2D eigenvalue weighted by Crippen LogP contribution is 2.33. The number of piperidine rings is 1. The standard InChI is InChI=1S/C17H20ClN3O3/c1-2-3-9-20-15(22)8-7-14(17(20)24)21-10-12-11(16(21)23)5-4-6-13(12)19-18/h4-6,14,19H,2-3,7-10H2,1H3. The number of fused-ring (bicyclic) bond motifs is 1. The van der Waals surface area contributed by atoms with Gasteiger partial charge in [-0.25, -0.2) is 0 Å². The molecule has 6 nitrogen and oxygen atoms in total. The van der Waals surface area contributed by atoms with E-state index in [1.807, 2.05) is 6.92 Å². The number of rotatable bonds is 5. The molecule has 0 spiro atoms. The van der Waals surface area contributed by atoms with Crippen LogP contribution < -0.4 is 4.84 Å². The number of anilines is 1. The van der Waals surface area contributed by atoms with Gasteiger partial charge in [0.25, 0.3) is 11.8 Å². The maximum Gasteiger partial charge on any atom is 0.255 e. The Bertz CT molecular complexity index is 692. The summed E-state index contributed by atoms with van der Waals surface area (Å²) in [5, 5.41) is 0. The quantitative estimate of drug-likeness (QED) is 0.655. The monoisotopic (exact) mass is 349 g/mol. The van der Waals surface area contributed by atoms with Crippen LogP contribution in [0.15, 0.2) is 18.2 Å². The van der Waals surface area contributed by atoms with Crippen LogP contribution >= 0.6 is 11.8 Å². The molecule has 1 atom stereocenters. The highest BCUT2D eigenvalue weighted by atomic mass is 35.5. The van der Waals surface area contributed by atoms with Crippen molar-refractivity contribution in [2.24, 2.45) is 0 Å². The Hall–Kier alpha value is -2.08. The molecule has 1 saturated heterocycles. The van der Waals surface area contributed by atoms with E-state index in [0.717, 1.165) is 18.4 Å². The molecule has 0 saturated carbocycles. The molecule has 0 bridgehead atoms. The molecule has 2 heterocycles. The van der Waals surface area contributed by atoms with Crippen LogP contribution in [0.5, 0.6) is 0 Å². The van der Waals surface area contributed by atoms with Crippen molar-refractivity contribution in [2.45, 2.75) is 45.2 Å². The number of amides is 3. The highest BCUT2D eigenvalue weighted by molar-refractivity contribution is 6.24. The maximum absolute atomic E-state index is 12.7. The van der Waals surface area contributed by atoms with E-state index in [-0.39, 0.29) is 17.7 Å². The van der Waals surface area contributed by atoms with Gasteiger partial charge >= 0.3 is 0 Å². The molecule has 128 valence electrons. The SMILES string of the molecule is CCCCN1C(=O)CCC(N2Cc3c(NCl)cccc3C2=O)C1=O. The summed E-state index contributed by atoms with van der Waals surface area (Å²) < 4.78 is 0. The van der Waals surface area contributed by atoms with Crippen molar-refractivity contribution in [1.82, 2.24) is 9.80 Å². The number of nitrogens with one attached hydrogen (secondary N) is 1. The van der Waals surface area contributed by atoms with Crippen molar-refractivity contribution in [3.8, 4) is 0 Å². The second kappa shape index (κ2) is 6.81. The van der Waals surface area contributed by atoms with E-state index >= 15 is 0 Å². The number of hydrogen-bond donors (Lipinski definition) is 1. The van der Waals surface area contributed by atoms with Gasteiger partial charge in [0.15, 0.2) is 0 Å². The number of nitrogens with zero attached hydrogens (tertiary/aromatic N) is 2. The lowest BCUT2D eigenvalue weighted by Crippen LogP contribution is -2.54. The zero-order valence-electron chi connectivity index (χ0n) is 13.5. The van der Waals surface area contributed by atoms with Crippen LogP contribution in [0.25, 0.3) is 0 Å². The number of likely N-dealkylation sites (tertiary alicyclic amines) is 1. The molecule has 2 aliphatic rings. The summed E-state index contributed by atoms with van der Waals surface area (Å²) in [6, 6.07) is 4.71. The minimum absolute atomic E-state index is 0.142. The van der Waals surface area contributed by atoms with Gasteiger partial charge in [0.1, 0.15) is 6.04 Å². The Labute approximate surface area is 145 Å². The number of unbranched alkanes of at least 4 members (excludes halogenated alkanes) is 1. The third-order valence-electron chi connectivity index (χ3n) is 4.69. The molecule has 1 N–H and O–H groups in total. The molecule has 1 aromatic rings. The first-order chi connectivity index (χ1) is 11.6. The normalized spacial score (nSPS) is 20.6. The molecule has 0 aliphatic carbocycles. The van der Waals surface area contributed by atoms with Crippen LogP contribution in [0.4, 0.5) is 5.69 Å². The minimum Gasteiger partial charge on any atom is -0.322 e. The van der Waals surface area contributed by atoms with Crippen molar-refractivity contribution in [1.29, 1.82) is 0 Å². The van der Waals surface area contributed by atoms with Crippen molar-refractivity contribution in [3.05, 3.63) is 29.3 Å². The van der Waals surface area contributed by atoms with Gasteiger partial charge in [-0.3, -0.25) is 24.1 Å². The zero-order chi connectivity index (χ0) is 17.3. The molecule has 3 amide bonds. The van der Waals surface area contributed by atoms with Gasteiger partial charge in [0, 0.05) is 42.4 Å². The van der Waals surface area contributed by atoms with Crippen molar-refractivity contribution in [3.63, 3.8) is 0 Å². The van der Waals surface area contributed by atoms with Gasteiger partial charge in [-0.05, 0) is 25.0 Å². The molecule has 0 radical (unpaired) electrons. The Morgan fingerprint density at radius 2 is 2.08 bits per heavy atom. The molecule has 3 rings (SSSR count). The molecule has 1 aromatic carbocycles. The Morgan fingerprint density at radius 3 is 2.79 bits per heavy atom. The highest BCUT2D eigenvalue weighted by Gasteiger charge is 2.42. The van der Waals surface area contributed by atoms with Gasteiger partial charge in [-0.2, -0.15) is 0 Å². The summed E-state index contributed by atoms with van der Waals surface area (Å²) in [5.74, 6) is -0.583. The largest absolute Gasteiger partial charge is 0.322 e. The van der Waals surface area contributed by atoms with Crippen LogP contribution in [-0.2, 0) is 16.1 Å². The smallest absolute Gasteiger partial charge is 0.255 e. The van der Waals surface area contributed by atoms with Crippen LogP contribution in [0, 0.1) is 0 Å². The van der Waals surface area contributed by atoms with Gasteiger partial charge in [-0.15, -0.1) is 0 Å². The van der Waals surface area contributed by atoms with Crippen molar-refractivity contribution in [2.75, 3.05) is 11.4 Å². The van der Waals surface area contributed by atoms with Gasteiger partial charge in [0.2, 0.25) is 5.91 Å². The van der Waals surface area contributed by atoms with Gasteiger partial charge in [0.05, 0.1) is 5.69 Å². The van der Waals surface area contributed by atoms with E-state index in [2.05, 4.69) is 4.84 Å². The molecule has 1 unspecified atom stereocenters. The predicted octanol–water partition coefficient (Wildman–Crippen LogP) is 2.53. The fourth-order valence-electron chi connectivity index (χ4n) is 3.36. The summed E-state index contributed by atoms with van der Waals surface area (Å²) in [6.07, 6.45) is 2.35. The fourth-order valence-corrected chi connectivity index (χ4v) is 3.53. The van der Waals surface area contributed by atoms with Crippen LogP contribution in [0.3, 0.4) is 0 Å². The lowest BCUT2D eigenvalue weighted by molar-refractivity contribution is -0.152. The molecular formula is C17H20ClN3O3. The van der Waals surface area contributed by atoms with E-state index in [9.17, 15) is 14.4 Å². The number of hydrogen-bond acceptors (Lipinski definition) is 4. The second-order valence-corrected chi connectivity index (χ2v) is 6.34. The Balaban J connectivity index is 1.84. The second-order valence-electron chi connectivity index (χ2n) is 6.15. The molecule has 7 heteroatoms. The lowest BCUT2D eigenvalue weighted by atomic mass is 10.0. The number of halogens is 1. The first-order valence-electron chi connectivity index (χ1n) is 8.22. The first-order valence-corrected chi connectivity index (χ1v) is 8.60. The number of carbonyl (C=O) groups excluding carboxylic acids is 3. The van der Waals surface area contributed by atoms with Gasteiger partial charge in [-0.1, -0.05) is 19.4 Å².